The third kappa shape index (κ3) is 2.52. The van der Waals surface area contributed by atoms with Crippen molar-refractivity contribution in [1.82, 2.24) is 4.98 Å². The minimum Gasteiger partial charge on any atom is -0.380 e. The van der Waals surface area contributed by atoms with E-state index in [-0.39, 0.29) is 0 Å². The SMILES string of the molecule is CC1CCC(Nc2cnccc2C#N)CC1. The molecule has 1 aromatic rings. The lowest BCUT2D eigenvalue weighted by Crippen LogP contribution is -2.25. The van der Waals surface area contributed by atoms with E-state index in [4.69, 9.17) is 5.26 Å². The summed E-state index contributed by atoms with van der Waals surface area (Å²) in [5.41, 5.74) is 1.57. The number of nitrogens with one attached hydrogen (secondary N) is 1. The van der Waals surface area contributed by atoms with E-state index in [1.54, 1.807) is 18.5 Å². The molecule has 0 atom stereocenters. The number of pyridine rings is 1. The van der Waals surface area contributed by atoms with Gasteiger partial charge in [-0.1, -0.05) is 6.92 Å². The van der Waals surface area contributed by atoms with Crippen LogP contribution in [0.4, 0.5) is 5.69 Å². The molecule has 84 valence electrons. The molecule has 3 nitrogen and oxygen atoms in total. The summed E-state index contributed by atoms with van der Waals surface area (Å²) < 4.78 is 0. The van der Waals surface area contributed by atoms with Gasteiger partial charge in [-0.25, -0.2) is 0 Å². The van der Waals surface area contributed by atoms with Gasteiger partial charge in [0, 0.05) is 12.2 Å². The lowest BCUT2D eigenvalue weighted by Gasteiger charge is -2.27. The normalized spacial score (nSPS) is 24.8. The van der Waals surface area contributed by atoms with Gasteiger partial charge in [-0.05, 0) is 37.7 Å². The zero-order valence-electron chi connectivity index (χ0n) is 9.61. The molecule has 1 aromatic heterocycles. The molecule has 1 aliphatic rings. The van der Waals surface area contributed by atoms with Crippen LogP contribution in [0.25, 0.3) is 0 Å². The van der Waals surface area contributed by atoms with Crippen LogP contribution < -0.4 is 5.32 Å². The molecule has 0 amide bonds. The van der Waals surface area contributed by atoms with Crippen LogP contribution in [0.15, 0.2) is 18.5 Å². The van der Waals surface area contributed by atoms with Gasteiger partial charge >= 0.3 is 0 Å². The number of aromatic nitrogens is 1. The van der Waals surface area contributed by atoms with Gasteiger partial charge in [-0.15, -0.1) is 0 Å². The zero-order chi connectivity index (χ0) is 11.4. The number of anilines is 1. The van der Waals surface area contributed by atoms with Crippen molar-refractivity contribution in [2.24, 2.45) is 5.92 Å². The summed E-state index contributed by atoms with van der Waals surface area (Å²) in [6.45, 7) is 2.31. The Kier molecular flexibility index (Phi) is 3.40. The summed E-state index contributed by atoms with van der Waals surface area (Å²) >= 11 is 0. The van der Waals surface area contributed by atoms with Gasteiger partial charge in [0.15, 0.2) is 0 Å². The summed E-state index contributed by atoms with van der Waals surface area (Å²) in [6.07, 6.45) is 8.35. The number of hydrogen-bond donors (Lipinski definition) is 1. The van der Waals surface area contributed by atoms with Crippen LogP contribution in [0.2, 0.25) is 0 Å². The fourth-order valence-electron chi connectivity index (χ4n) is 2.23. The second kappa shape index (κ2) is 4.98. The Balaban J connectivity index is 2.01. The van der Waals surface area contributed by atoms with Crippen LogP contribution in [-0.4, -0.2) is 11.0 Å². The number of rotatable bonds is 2. The molecule has 3 heteroatoms. The predicted molar refractivity (Wildman–Crippen MR) is 64.0 cm³/mol. The second-order valence-electron chi connectivity index (χ2n) is 4.63. The molecule has 1 fully saturated rings. The predicted octanol–water partition coefficient (Wildman–Crippen LogP) is 2.94. The molecule has 0 unspecified atom stereocenters. The maximum Gasteiger partial charge on any atom is 0.101 e. The van der Waals surface area contributed by atoms with Crippen molar-refractivity contribution in [1.29, 1.82) is 5.26 Å². The summed E-state index contributed by atoms with van der Waals surface area (Å²) in [4.78, 5) is 4.06. The van der Waals surface area contributed by atoms with Crippen molar-refractivity contribution in [2.45, 2.75) is 38.6 Å². The summed E-state index contributed by atoms with van der Waals surface area (Å²) in [6, 6.07) is 4.46. The summed E-state index contributed by atoms with van der Waals surface area (Å²) in [5, 5.41) is 12.4. The van der Waals surface area contributed by atoms with Crippen molar-refractivity contribution < 1.29 is 0 Å². The molecule has 0 saturated heterocycles. The monoisotopic (exact) mass is 215 g/mol. The quantitative estimate of drug-likeness (QED) is 0.825. The molecular formula is C13H17N3. The van der Waals surface area contributed by atoms with Crippen molar-refractivity contribution in [2.75, 3.05) is 5.32 Å². The van der Waals surface area contributed by atoms with Gasteiger partial charge in [0.05, 0.1) is 17.4 Å². The van der Waals surface area contributed by atoms with Crippen molar-refractivity contribution in [3.05, 3.63) is 24.0 Å². The van der Waals surface area contributed by atoms with Crippen LogP contribution in [-0.2, 0) is 0 Å². The fraction of sp³-hybridized carbons (Fsp3) is 0.538. The van der Waals surface area contributed by atoms with E-state index in [9.17, 15) is 0 Å². The van der Waals surface area contributed by atoms with E-state index in [0.29, 0.717) is 11.6 Å². The zero-order valence-corrected chi connectivity index (χ0v) is 9.61. The Morgan fingerprint density at radius 3 is 2.81 bits per heavy atom. The maximum absolute atomic E-state index is 8.97. The first-order valence-corrected chi connectivity index (χ1v) is 5.90. The Morgan fingerprint density at radius 2 is 2.12 bits per heavy atom. The average Bonchev–Trinajstić information content (AvgIpc) is 2.33. The maximum atomic E-state index is 8.97. The molecule has 2 rings (SSSR count). The molecule has 0 spiro atoms. The third-order valence-corrected chi connectivity index (χ3v) is 3.32. The highest BCUT2D eigenvalue weighted by atomic mass is 14.9. The summed E-state index contributed by atoms with van der Waals surface area (Å²) in [5.74, 6) is 0.849. The van der Waals surface area contributed by atoms with Crippen LogP contribution in [0.3, 0.4) is 0 Å². The molecule has 16 heavy (non-hydrogen) atoms. The van der Waals surface area contributed by atoms with Gasteiger partial charge < -0.3 is 5.32 Å². The highest BCUT2D eigenvalue weighted by Crippen LogP contribution is 2.26. The van der Waals surface area contributed by atoms with E-state index in [1.807, 2.05) is 0 Å². The van der Waals surface area contributed by atoms with Gasteiger partial charge in [0.25, 0.3) is 0 Å². The highest BCUT2D eigenvalue weighted by Gasteiger charge is 2.18. The Morgan fingerprint density at radius 1 is 1.38 bits per heavy atom. The van der Waals surface area contributed by atoms with Crippen LogP contribution in [0, 0.1) is 17.2 Å². The Hall–Kier alpha value is -1.56. The number of nitrogens with zero attached hydrogens (tertiary/aromatic N) is 2. The van der Waals surface area contributed by atoms with E-state index < -0.39 is 0 Å². The van der Waals surface area contributed by atoms with Gasteiger partial charge in [0.2, 0.25) is 0 Å². The molecule has 0 radical (unpaired) electrons. The van der Waals surface area contributed by atoms with E-state index in [1.165, 1.54) is 25.7 Å². The number of hydrogen-bond acceptors (Lipinski definition) is 3. The number of nitriles is 1. The van der Waals surface area contributed by atoms with Crippen molar-refractivity contribution in [3.8, 4) is 6.07 Å². The lowest BCUT2D eigenvalue weighted by atomic mass is 9.87. The largest absolute Gasteiger partial charge is 0.380 e. The van der Waals surface area contributed by atoms with Crippen LogP contribution >= 0.6 is 0 Å². The van der Waals surface area contributed by atoms with Crippen molar-refractivity contribution in [3.63, 3.8) is 0 Å². The Labute approximate surface area is 96.5 Å². The van der Waals surface area contributed by atoms with Crippen LogP contribution in [0.5, 0.6) is 0 Å². The van der Waals surface area contributed by atoms with E-state index in [2.05, 4.69) is 23.3 Å². The molecule has 1 aliphatic carbocycles. The first-order chi connectivity index (χ1) is 7.79. The smallest absolute Gasteiger partial charge is 0.101 e. The standard InChI is InChI=1S/C13H17N3/c1-10-2-4-12(5-3-10)16-13-9-15-7-6-11(13)8-14/h6-7,9-10,12,16H,2-5H2,1H3. The first-order valence-electron chi connectivity index (χ1n) is 5.90. The molecule has 0 aromatic carbocycles. The minimum atomic E-state index is 0.507. The fourth-order valence-corrected chi connectivity index (χ4v) is 2.23. The van der Waals surface area contributed by atoms with Crippen LogP contribution in [0.1, 0.15) is 38.2 Å². The highest BCUT2D eigenvalue weighted by molar-refractivity contribution is 5.55. The molecule has 0 aliphatic heterocycles. The molecule has 1 saturated carbocycles. The van der Waals surface area contributed by atoms with Gasteiger partial charge in [-0.2, -0.15) is 5.26 Å². The average molecular weight is 215 g/mol. The Bertz CT molecular complexity index is 386. The first kappa shape index (κ1) is 10.9. The molecular weight excluding hydrogens is 198 g/mol. The lowest BCUT2D eigenvalue weighted by molar-refractivity contribution is 0.361. The van der Waals surface area contributed by atoms with Gasteiger partial charge in [-0.3, -0.25) is 4.98 Å². The third-order valence-electron chi connectivity index (χ3n) is 3.32. The topological polar surface area (TPSA) is 48.7 Å². The molecule has 0 bridgehead atoms. The van der Waals surface area contributed by atoms with E-state index >= 15 is 0 Å². The minimum absolute atomic E-state index is 0.507. The molecule has 1 heterocycles. The van der Waals surface area contributed by atoms with E-state index in [0.717, 1.165) is 11.6 Å². The summed E-state index contributed by atoms with van der Waals surface area (Å²) in [7, 11) is 0. The van der Waals surface area contributed by atoms with Gasteiger partial charge in [0.1, 0.15) is 6.07 Å². The van der Waals surface area contributed by atoms with Crippen molar-refractivity contribution >= 4 is 5.69 Å². The second-order valence-corrected chi connectivity index (χ2v) is 4.63. The molecule has 1 N–H and O–H groups in total.